The number of amides is 1. The smallest absolute Gasteiger partial charge is 0.227 e. The van der Waals surface area contributed by atoms with Crippen molar-refractivity contribution in [2.24, 2.45) is 0 Å². The van der Waals surface area contributed by atoms with Crippen LogP contribution in [0.5, 0.6) is 0 Å². The highest BCUT2D eigenvalue weighted by molar-refractivity contribution is 5.95. The molecule has 3 rings (SSSR count). The van der Waals surface area contributed by atoms with Crippen LogP contribution in [0.4, 0.5) is 17.2 Å². The number of nitrogens with one attached hydrogen (secondary N) is 1. The highest BCUT2D eigenvalue weighted by Crippen LogP contribution is 2.24. The maximum atomic E-state index is 11.7. The molecule has 1 aromatic carbocycles. The highest BCUT2D eigenvalue weighted by Gasteiger charge is 2.21. The van der Waals surface area contributed by atoms with E-state index in [1.807, 2.05) is 43.0 Å². The van der Waals surface area contributed by atoms with Gasteiger partial charge in [-0.05, 0) is 44.5 Å². The minimum Gasteiger partial charge on any atom is -0.339 e. The monoisotopic (exact) mass is 282 g/mol. The van der Waals surface area contributed by atoms with Crippen molar-refractivity contribution < 1.29 is 4.79 Å². The predicted octanol–water partition coefficient (Wildman–Crippen LogP) is 2.96. The molecule has 5 nitrogen and oxygen atoms in total. The molecule has 0 aliphatic carbocycles. The molecule has 1 fully saturated rings. The lowest BCUT2D eigenvalue weighted by atomic mass is 10.2. The molecule has 5 heteroatoms. The fraction of sp³-hybridized carbons (Fsp3) is 0.312. The minimum atomic E-state index is 0.205. The molecule has 1 saturated heterocycles. The van der Waals surface area contributed by atoms with Crippen LogP contribution in [0.1, 0.15) is 24.2 Å². The zero-order chi connectivity index (χ0) is 14.8. The minimum absolute atomic E-state index is 0.205. The van der Waals surface area contributed by atoms with E-state index in [-0.39, 0.29) is 5.91 Å². The number of rotatable bonds is 3. The van der Waals surface area contributed by atoms with Crippen molar-refractivity contribution in [2.45, 2.75) is 26.7 Å². The lowest BCUT2D eigenvalue weighted by molar-refractivity contribution is -0.117. The first-order valence-electron chi connectivity index (χ1n) is 7.11. The van der Waals surface area contributed by atoms with Crippen LogP contribution < -0.4 is 10.2 Å². The average molecular weight is 282 g/mol. The van der Waals surface area contributed by atoms with E-state index >= 15 is 0 Å². The van der Waals surface area contributed by atoms with Gasteiger partial charge in [-0.15, -0.1) is 0 Å². The van der Waals surface area contributed by atoms with Crippen LogP contribution in [-0.4, -0.2) is 22.4 Å². The van der Waals surface area contributed by atoms with Crippen LogP contribution in [-0.2, 0) is 4.79 Å². The predicted molar refractivity (Wildman–Crippen MR) is 82.8 cm³/mol. The Morgan fingerprint density at radius 2 is 1.95 bits per heavy atom. The van der Waals surface area contributed by atoms with Gasteiger partial charge >= 0.3 is 0 Å². The van der Waals surface area contributed by atoms with Crippen LogP contribution in [0.25, 0.3) is 0 Å². The summed E-state index contributed by atoms with van der Waals surface area (Å²) in [6.07, 6.45) is 3.34. The van der Waals surface area contributed by atoms with E-state index in [2.05, 4.69) is 15.3 Å². The van der Waals surface area contributed by atoms with Crippen molar-refractivity contribution in [3.8, 4) is 0 Å². The molecule has 1 aromatic heterocycles. The molecule has 108 valence electrons. The third-order valence-corrected chi connectivity index (χ3v) is 3.59. The van der Waals surface area contributed by atoms with Gasteiger partial charge in [-0.25, -0.2) is 4.98 Å². The molecule has 2 aromatic rings. The highest BCUT2D eigenvalue weighted by atomic mass is 16.2. The van der Waals surface area contributed by atoms with E-state index < -0.39 is 0 Å². The summed E-state index contributed by atoms with van der Waals surface area (Å²) in [6, 6.07) is 7.85. The summed E-state index contributed by atoms with van der Waals surface area (Å²) in [7, 11) is 0. The Hall–Kier alpha value is -2.43. The van der Waals surface area contributed by atoms with Gasteiger partial charge in [-0.1, -0.05) is 0 Å². The number of hydrogen-bond acceptors (Lipinski definition) is 4. The Kier molecular flexibility index (Phi) is 3.56. The quantitative estimate of drug-likeness (QED) is 0.940. The molecule has 1 amide bonds. The van der Waals surface area contributed by atoms with Gasteiger partial charge in [0.1, 0.15) is 0 Å². The lowest BCUT2D eigenvalue weighted by Gasteiger charge is -2.16. The number of aromatic nitrogens is 2. The fourth-order valence-electron chi connectivity index (χ4n) is 2.44. The standard InChI is InChI=1S/C16H18N4O/c1-11-10-17-12(2)16(18-11)19-13-5-7-14(8-6-13)20-9-3-4-15(20)21/h5-8,10H,3-4,9H2,1-2H3,(H,18,19). The summed E-state index contributed by atoms with van der Waals surface area (Å²) < 4.78 is 0. The first-order valence-corrected chi connectivity index (χ1v) is 7.11. The summed E-state index contributed by atoms with van der Waals surface area (Å²) in [5.74, 6) is 0.969. The first kappa shape index (κ1) is 13.5. The van der Waals surface area contributed by atoms with Crippen molar-refractivity contribution in [1.82, 2.24) is 9.97 Å². The van der Waals surface area contributed by atoms with Crippen molar-refractivity contribution in [3.63, 3.8) is 0 Å². The molecule has 21 heavy (non-hydrogen) atoms. The van der Waals surface area contributed by atoms with Crippen LogP contribution in [0.2, 0.25) is 0 Å². The van der Waals surface area contributed by atoms with Gasteiger partial charge < -0.3 is 10.2 Å². The summed E-state index contributed by atoms with van der Waals surface area (Å²) >= 11 is 0. The zero-order valence-electron chi connectivity index (χ0n) is 12.3. The van der Waals surface area contributed by atoms with Crippen LogP contribution in [0.15, 0.2) is 30.5 Å². The third-order valence-electron chi connectivity index (χ3n) is 3.59. The Morgan fingerprint density at radius 1 is 1.19 bits per heavy atom. The van der Waals surface area contributed by atoms with Crippen molar-refractivity contribution in [3.05, 3.63) is 41.9 Å². The Labute approximate surface area is 124 Å². The molecule has 1 aliphatic rings. The molecule has 0 atom stereocenters. The van der Waals surface area contributed by atoms with Crippen LogP contribution in [0.3, 0.4) is 0 Å². The maximum absolute atomic E-state index is 11.7. The molecular formula is C16H18N4O. The number of carbonyl (C=O) groups excluding carboxylic acids is 1. The molecule has 1 aliphatic heterocycles. The molecule has 1 N–H and O–H groups in total. The summed E-state index contributed by atoms with van der Waals surface area (Å²) in [4.78, 5) is 22.3. The number of benzene rings is 1. The number of anilines is 3. The van der Waals surface area contributed by atoms with Gasteiger partial charge in [0.2, 0.25) is 5.91 Å². The average Bonchev–Trinajstić information content (AvgIpc) is 2.90. The van der Waals surface area contributed by atoms with E-state index in [4.69, 9.17) is 0 Å². The lowest BCUT2D eigenvalue weighted by Crippen LogP contribution is -2.23. The Morgan fingerprint density at radius 3 is 2.62 bits per heavy atom. The SMILES string of the molecule is Cc1cnc(C)c(Nc2ccc(N3CCCC3=O)cc2)n1. The molecular weight excluding hydrogens is 264 g/mol. The Bertz CT molecular complexity index is 666. The molecule has 2 heterocycles. The largest absolute Gasteiger partial charge is 0.339 e. The fourth-order valence-corrected chi connectivity index (χ4v) is 2.44. The van der Waals surface area contributed by atoms with E-state index in [1.165, 1.54) is 0 Å². The second-order valence-electron chi connectivity index (χ2n) is 5.27. The van der Waals surface area contributed by atoms with E-state index in [9.17, 15) is 4.79 Å². The number of carbonyl (C=O) groups is 1. The van der Waals surface area contributed by atoms with Crippen molar-refractivity contribution >= 4 is 23.1 Å². The topological polar surface area (TPSA) is 58.1 Å². The molecule has 0 spiro atoms. The third kappa shape index (κ3) is 2.86. The van der Waals surface area contributed by atoms with Crippen molar-refractivity contribution in [1.29, 1.82) is 0 Å². The zero-order valence-corrected chi connectivity index (χ0v) is 12.3. The second-order valence-corrected chi connectivity index (χ2v) is 5.27. The van der Waals surface area contributed by atoms with Crippen molar-refractivity contribution in [2.75, 3.05) is 16.8 Å². The molecule has 0 saturated carbocycles. The van der Waals surface area contributed by atoms with Gasteiger partial charge in [0.15, 0.2) is 5.82 Å². The summed E-state index contributed by atoms with van der Waals surface area (Å²) in [5, 5.41) is 3.26. The van der Waals surface area contributed by atoms with Gasteiger partial charge in [0.25, 0.3) is 0 Å². The number of aryl methyl sites for hydroxylation is 2. The van der Waals surface area contributed by atoms with Gasteiger partial charge in [0.05, 0.1) is 11.4 Å². The van der Waals surface area contributed by atoms with Gasteiger partial charge in [0, 0.05) is 30.5 Å². The second kappa shape index (κ2) is 5.52. The molecule has 0 radical (unpaired) electrons. The number of hydrogen-bond donors (Lipinski definition) is 1. The number of nitrogens with zero attached hydrogens (tertiary/aromatic N) is 3. The first-order chi connectivity index (χ1) is 10.1. The van der Waals surface area contributed by atoms with Gasteiger partial charge in [-0.3, -0.25) is 9.78 Å². The maximum Gasteiger partial charge on any atom is 0.227 e. The van der Waals surface area contributed by atoms with E-state index in [0.29, 0.717) is 6.42 Å². The summed E-state index contributed by atoms with van der Waals surface area (Å²) in [6.45, 7) is 4.65. The molecule has 0 bridgehead atoms. The summed E-state index contributed by atoms with van der Waals surface area (Å²) in [5.41, 5.74) is 3.63. The van der Waals surface area contributed by atoms with Crippen LogP contribution in [0, 0.1) is 13.8 Å². The van der Waals surface area contributed by atoms with E-state index in [1.54, 1.807) is 6.20 Å². The van der Waals surface area contributed by atoms with E-state index in [0.717, 1.165) is 41.5 Å². The van der Waals surface area contributed by atoms with Crippen LogP contribution >= 0.6 is 0 Å². The Balaban J connectivity index is 1.78. The molecule has 0 unspecified atom stereocenters. The normalized spacial score (nSPS) is 14.6. The van der Waals surface area contributed by atoms with Gasteiger partial charge in [-0.2, -0.15) is 0 Å².